The average Bonchev–Trinajstić information content (AvgIpc) is 3.17. The van der Waals surface area contributed by atoms with Crippen LogP contribution in [0.4, 0.5) is 10.9 Å². The largest absolute Gasteiger partial charge is 0.478 e. The van der Waals surface area contributed by atoms with Crippen molar-refractivity contribution in [1.82, 2.24) is 14.9 Å². The number of rotatable bonds is 6. The molecule has 1 amide bonds. The highest BCUT2D eigenvalue weighted by atomic mass is 32.1. The molecular weight excluding hydrogens is 424 g/mol. The van der Waals surface area contributed by atoms with Crippen molar-refractivity contribution in [3.8, 4) is 5.75 Å². The molecule has 0 saturated carbocycles. The highest BCUT2D eigenvalue weighted by molar-refractivity contribution is 7.15. The minimum absolute atomic E-state index is 0.0696. The molecule has 4 rings (SSSR count). The van der Waals surface area contributed by atoms with E-state index in [1.54, 1.807) is 30.1 Å². The molecule has 1 aliphatic rings. The summed E-state index contributed by atoms with van der Waals surface area (Å²) in [6.07, 6.45) is 1.52. The van der Waals surface area contributed by atoms with E-state index in [4.69, 9.17) is 14.5 Å². The Hall–Kier alpha value is -2.97. The van der Waals surface area contributed by atoms with E-state index in [9.17, 15) is 4.79 Å². The highest BCUT2D eigenvalue weighted by Gasteiger charge is 2.37. The molecule has 8 heteroatoms. The van der Waals surface area contributed by atoms with Gasteiger partial charge in [-0.1, -0.05) is 18.2 Å². The number of carbonyl (C=O) groups is 1. The van der Waals surface area contributed by atoms with Crippen molar-refractivity contribution >= 4 is 28.2 Å². The van der Waals surface area contributed by atoms with Gasteiger partial charge < -0.3 is 19.7 Å². The molecule has 7 nitrogen and oxygen atoms in total. The SMILES string of the molecule is Cc1cccc(OC(C)(C)C(=O)N2CCOC(c3cccc(Nc4ncc(C)s4)n3)C2)c1. The third-order valence-corrected chi connectivity index (χ3v) is 6.02. The zero-order valence-corrected chi connectivity index (χ0v) is 19.6. The van der Waals surface area contributed by atoms with Crippen LogP contribution in [0.2, 0.25) is 0 Å². The van der Waals surface area contributed by atoms with Crippen LogP contribution in [0.5, 0.6) is 5.75 Å². The van der Waals surface area contributed by atoms with Crippen LogP contribution in [-0.2, 0) is 9.53 Å². The lowest BCUT2D eigenvalue weighted by Crippen LogP contribution is -2.53. The molecule has 1 fully saturated rings. The quantitative estimate of drug-likeness (QED) is 0.586. The van der Waals surface area contributed by atoms with E-state index >= 15 is 0 Å². The minimum atomic E-state index is -0.991. The molecule has 1 aromatic carbocycles. The Morgan fingerprint density at radius 1 is 1.25 bits per heavy atom. The van der Waals surface area contributed by atoms with Crippen LogP contribution in [0.3, 0.4) is 0 Å². The lowest BCUT2D eigenvalue weighted by Gasteiger charge is -2.37. The normalized spacial score (nSPS) is 16.6. The highest BCUT2D eigenvalue weighted by Crippen LogP contribution is 2.27. The Bertz CT molecular complexity index is 1100. The van der Waals surface area contributed by atoms with E-state index in [-0.39, 0.29) is 12.0 Å². The lowest BCUT2D eigenvalue weighted by molar-refractivity contribution is -0.153. The fraction of sp³-hybridized carbons (Fsp3) is 0.375. The molecule has 3 aromatic rings. The smallest absolute Gasteiger partial charge is 0.266 e. The van der Waals surface area contributed by atoms with Gasteiger partial charge in [-0.2, -0.15) is 0 Å². The van der Waals surface area contributed by atoms with Crippen molar-refractivity contribution in [2.75, 3.05) is 25.0 Å². The lowest BCUT2D eigenvalue weighted by atomic mass is 10.1. The number of ether oxygens (including phenoxy) is 2. The van der Waals surface area contributed by atoms with Crippen LogP contribution in [0.25, 0.3) is 0 Å². The number of nitrogens with one attached hydrogen (secondary N) is 1. The molecule has 0 bridgehead atoms. The summed E-state index contributed by atoms with van der Waals surface area (Å²) >= 11 is 1.57. The number of hydrogen-bond acceptors (Lipinski definition) is 7. The summed E-state index contributed by atoms with van der Waals surface area (Å²) in [6, 6.07) is 13.5. The molecule has 1 saturated heterocycles. The summed E-state index contributed by atoms with van der Waals surface area (Å²) in [4.78, 5) is 25.3. The Labute approximate surface area is 192 Å². The Morgan fingerprint density at radius 3 is 2.81 bits per heavy atom. The van der Waals surface area contributed by atoms with Crippen LogP contribution in [-0.4, -0.2) is 46.1 Å². The third-order valence-electron chi connectivity index (χ3n) is 5.19. The second-order valence-corrected chi connectivity index (χ2v) is 9.62. The second-order valence-electron chi connectivity index (χ2n) is 8.39. The molecule has 0 radical (unpaired) electrons. The van der Waals surface area contributed by atoms with Crippen molar-refractivity contribution in [3.63, 3.8) is 0 Å². The van der Waals surface area contributed by atoms with Gasteiger partial charge in [0.1, 0.15) is 17.7 Å². The predicted octanol–water partition coefficient (Wildman–Crippen LogP) is 4.66. The van der Waals surface area contributed by atoms with Crippen molar-refractivity contribution in [3.05, 3.63) is 64.8 Å². The molecule has 1 atom stereocenters. The second kappa shape index (κ2) is 9.26. The average molecular weight is 453 g/mol. The molecule has 1 aliphatic heterocycles. The van der Waals surface area contributed by atoms with Gasteiger partial charge in [-0.15, -0.1) is 11.3 Å². The van der Waals surface area contributed by atoms with Gasteiger partial charge in [0.25, 0.3) is 5.91 Å². The third kappa shape index (κ3) is 5.26. The van der Waals surface area contributed by atoms with Gasteiger partial charge in [0.15, 0.2) is 10.7 Å². The number of hydrogen-bond donors (Lipinski definition) is 1. The number of amides is 1. The van der Waals surface area contributed by atoms with E-state index in [2.05, 4.69) is 10.3 Å². The summed E-state index contributed by atoms with van der Waals surface area (Å²) in [5.74, 6) is 1.32. The summed E-state index contributed by atoms with van der Waals surface area (Å²) in [6.45, 7) is 9.01. The fourth-order valence-electron chi connectivity index (χ4n) is 3.63. The molecule has 2 aromatic heterocycles. The van der Waals surface area contributed by atoms with Crippen LogP contribution in [0.15, 0.2) is 48.7 Å². The number of carbonyl (C=O) groups excluding carboxylic acids is 1. The number of thiazole rings is 1. The maximum Gasteiger partial charge on any atom is 0.266 e. The molecule has 1 N–H and O–H groups in total. The monoisotopic (exact) mass is 452 g/mol. The molecular formula is C24H28N4O3S. The van der Waals surface area contributed by atoms with Gasteiger partial charge in [0.05, 0.1) is 18.8 Å². The molecule has 168 valence electrons. The number of aromatic nitrogens is 2. The zero-order valence-electron chi connectivity index (χ0n) is 18.8. The standard InChI is InChI=1S/C24H28N4O3S/c1-16-7-5-8-18(13-16)31-24(3,4)22(29)28-11-12-30-20(15-28)19-9-6-10-21(26-19)27-23-25-14-17(2)32-23/h5-10,13-14,20H,11-12,15H2,1-4H3,(H,25,26,27). The molecule has 1 unspecified atom stereocenters. The Morgan fingerprint density at radius 2 is 2.06 bits per heavy atom. The first-order valence-corrected chi connectivity index (χ1v) is 11.4. The molecule has 3 heterocycles. The number of nitrogens with zero attached hydrogens (tertiary/aromatic N) is 3. The Kier molecular flexibility index (Phi) is 6.43. The number of anilines is 2. The van der Waals surface area contributed by atoms with E-state index < -0.39 is 5.60 Å². The molecule has 0 spiro atoms. The number of pyridine rings is 1. The van der Waals surface area contributed by atoms with Crippen molar-refractivity contribution < 1.29 is 14.3 Å². The van der Waals surface area contributed by atoms with Crippen LogP contribution < -0.4 is 10.1 Å². The molecule has 32 heavy (non-hydrogen) atoms. The van der Waals surface area contributed by atoms with Crippen LogP contribution >= 0.6 is 11.3 Å². The fourth-order valence-corrected chi connectivity index (χ4v) is 4.30. The molecule has 0 aliphatic carbocycles. The van der Waals surface area contributed by atoms with Crippen LogP contribution in [0.1, 0.15) is 36.1 Å². The van der Waals surface area contributed by atoms with Gasteiger partial charge in [0, 0.05) is 17.6 Å². The van der Waals surface area contributed by atoms with Gasteiger partial charge in [-0.05, 0) is 57.5 Å². The van der Waals surface area contributed by atoms with Gasteiger partial charge in [-0.3, -0.25) is 4.79 Å². The first kappa shape index (κ1) is 22.2. The van der Waals surface area contributed by atoms with Crippen molar-refractivity contribution in [1.29, 1.82) is 0 Å². The summed E-state index contributed by atoms with van der Waals surface area (Å²) in [7, 11) is 0. The maximum absolute atomic E-state index is 13.3. The predicted molar refractivity (Wildman–Crippen MR) is 126 cm³/mol. The minimum Gasteiger partial charge on any atom is -0.478 e. The number of morpholine rings is 1. The maximum atomic E-state index is 13.3. The van der Waals surface area contributed by atoms with Crippen LogP contribution in [0, 0.1) is 13.8 Å². The number of aryl methyl sites for hydroxylation is 2. The first-order chi connectivity index (χ1) is 15.3. The summed E-state index contributed by atoms with van der Waals surface area (Å²) < 4.78 is 12.0. The summed E-state index contributed by atoms with van der Waals surface area (Å²) in [5, 5.41) is 4.03. The first-order valence-electron chi connectivity index (χ1n) is 10.6. The topological polar surface area (TPSA) is 76.6 Å². The van der Waals surface area contributed by atoms with Gasteiger partial charge >= 0.3 is 0 Å². The van der Waals surface area contributed by atoms with Gasteiger partial charge in [-0.25, -0.2) is 9.97 Å². The number of benzene rings is 1. The van der Waals surface area contributed by atoms with Gasteiger partial charge in [0.2, 0.25) is 0 Å². The Balaban J connectivity index is 1.44. The van der Waals surface area contributed by atoms with E-state index in [0.29, 0.717) is 31.3 Å². The van der Waals surface area contributed by atoms with E-state index in [0.717, 1.165) is 21.3 Å². The van der Waals surface area contributed by atoms with Crippen molar-refractivity contribution in [2.24, 2.45) is 0 Å². The van der Waals surface area contributed by atoms with E-state index in [1.807, 2.05) is 62.5 Å². The van der Waals surface area contributed by atoms with Crippen molar-refractivity contribution in [2.45, 2.75) is 39.4 Å². The summed E-state index contributed by atoms with van der Waals surface area (Å²) in [5.41, 5.74) is 0.873. The van der Waals surface area contributed by atoms with E-state index in [1.165, 1.54) is 0 Å². The zero-order chi connectivity index (χ0) is 22.7.